The van der Waals surface area contributed by atoms with E-state index in [4.69, 9.17) is 0 Å². The zero-order valence-corrected chi connectivity index (χ0v) is 18.4. The minimum absolute atomic E-state index is 0.0415. The minimum atomic E-state index is -0.395. The van der Waals surface area contributed by atoms with Crippen LogP contribution in [0, 0.1) is 12.8 Å². The maximum absolute atomic E-state index is 12.9. The molecule has 0 spiro atoms. The number of hydrogen-bond acceptors (Lipinski definition) is 6. The average Bonchev–Trinajstić information content (AvgIpc) is 3.47. The fourth-order valence-corrected chi connectivity index (χ4v) is 4.83. The number of likely N-dealkylation sites (tertiary alicyclic amines) is 1. The lowest BCUT2D eigenvalue weighted by molar-refractivity contribution is -0.127. The van der Waals surface area contributed by atoms with Crippen molar-refractivity contribution in [3.8, 4) is 0 Å². The maximum atomic E-state index is 12.9. The largest absolute Gasteiger partial charge is 0.353 e. The van der Waals surface area contributed by atoms with Crippen molar-refractivity contribution in [1.82, 2.24) is 20.4 Å². The molecule has 0 bridgehead atoms. The van der Waals surface area contributed by atoms with Crippen molar-refractivity contribution in [1.29, 1.82) is 0 Å². The fourth-order valence-electron chi connectivity index (χ4n) is 4.12. The highest BCUT2D eigenvalue weighted by atomic mass is 32.1. The van der Waals surface area contributed by atoms with Gasteiger partial charge in [0.05, 0.1) is 5.92 Å². The fraction of sp³-hybridized carbons (Fsp3) is 0.500. The van der Waals surface area contributed by atoms with Gasteiger partial charge < -0.3 is 15.5 Å². The van der Waals surface area contributed by atoms with Crippen molar-refractivity contribution in [2.75, 3.05) is 18.4 Å². The van der Waals surface area contributed by atoms with Gasteiger partial charge in [0, 0.05) is 24.8 Å². The highest BCUT2D eigenvalue weighted by Crippen LogP contribution is 2.23. The van der Waals surface area contributed by atoms with Crippen molar-refractivity contribution in [2.45, 2.75) is 51.5 Å². The molecule has 2 N–H and O–H groups in total. The van der Waals surface area contributed by atoms with Crippen LogP contribution in [0.25, 0.3) is 0 Å². The van der Waals surface area contributed by atoms with Crippen molar-refractivity contribution in [3.63, 3.8) is 0 Å². The summed E-state index contributed by atoms with van der Waals surface area (Å²) < 4.78 is 0. The van der Waals surface area contributed by atoms with E-state index in [1.54, 1.807) is 4.90 Å². The van der Waals surface area contributed by atoms with Crippen LogP contribution in [0.2, 0.25) is 0 Å². The normalized spacial score (nSPS) is 19.3. The molecule has 2 heterocycles. The predicted octanol–water partition coefficient (Wildman–Crippen LogP) is 3.01. The zero-order chi connectivity index (χ0) is 21.8. The molecule has 4 rings (SSSR count). The van der Waals surface area contributed by atoms with E-state index < -0.39 is 5.91 Å². The number of hydrogen-bond donors (Lipinski definition) is 2. The Kier molecular flexibility index (Phi) is 6.60. The van der Waals surface area contributed by atoms with Gasteiger partial charge in [0.2, 0.25) is 15.9 Å². The molecule has 2 fully saturated rings. The number of rotatable bonds is 5. The first-order valence-electron chi connectivity index (χ1n) is 10.8. The Bertz CT molecular complexity index is 952. The predicted molar refractivity (Wildman–Crippen MR) is 118 cm³/mol. The van der Waals surface area contributed by atoms with E-state index in [0.29, 0.717) is 18.8 Å². The molecule has 1 saturated heterocycles. The van der Waals surface area contributed by atoms with E-state index in [1.807, 2.05) is 31.2 Å². The number of nitrogens with one attached hydrogen (secondary N) is 2. The number of nitrogens with zero attached hydrogens (tertiary/aromatic N) is 3. The van der Waals surface area contributed by atoms with E-state index in [2.05, 4.69) is 20.8 Å². The van der Waals surface area contributed by atoms with E-state index in [1.165, 1.54) is 0 Å². The lowest BCUT2D eigenvalue weighted by Crippen LogP contribution is -2.47. The number of aromatic nitrogens is 2. The van der Waals surface area contributed by atoms with Gasteiger partial charge in [0.1, 0.15) is 0 Å². The molecule has 2 aromatic rings. The zero-order valence-electron chi connectivity index (χ0n) is 17.6. The molecular weight excluding hydrogens is 414 g/mol. The lowest BCUT2D eigenvalue weighted by Gasteiger charge is -2.32. The Morgan fingerprint density at radius 3 is 2.45 bits per heavy atom. The van der Waals surface area contributed by atoms with Gasteiger partial charge in [-0.25, -0.2) is 0 Å². The van der Waals surface area contributed by atoms with Gasteiger partial charge in [-0.1, -0.05) is 41.9 Å². The first-order valence-corrected chi connectivity index (χ1v) is 11.6. The third-order valence-electron chi connectivity index (χ3n) is 5.89. The van der Waals surface area contributed by atoms with Crippen LogP contribution in [-0.2, 0) is 4.79 Å². The number of anilines is 1. The highest BCUT2D eigenvalue weighted by molar-refractivity contribution is 7.15. The highest BCUT2D eigenvalue weighted by Gasteiger charge is 2.32. The molecule has 2 aliphatic rings. The summed E-state index contributed by atoms with van der Waals surface area (Å²) in [5.74, 6) is -0.825. The lowest BCUT2D eigenvalue weighted by atomic mass is 9.96. The maximum Gasteiger partial charge on any atom is 0.286 e. The summed E-state index contributed by atoms with van der Waals surface area (Å²) in [6, 6.07) is 7.70. The molecule has 1 aliphatic heterocycles. The molecule has 1 atom stereocenters. The molecule has 31 heavy (non-hydrogen) atoms. The molecule has 3 amide bonds. The second kappa shape index (κ2) is 9.55. The number of amides is 3. The van der Waals surface area contributed by atoms with E-state index >= 15 is 0 Å². The first kappa shape index (κ1) is 21.4. The van der Waals surface area contributed by atoms with E-state index in [9.17, 15) is 14.4 Å². The summed E-state index contributed by atoms with van der Waals surface area (Å²) in [5, 5.41) is 14.0. The molecular formula is C22H27N5O3S. The summed E-state index contributed by atoms with van der Waals surface area (Å²) in [5.41, 5.74) is 1.75. The van der Waals surface area contributed by atoms with Crippen molar-refractivity contribution >= 4 is 34.7 Å². The first-order chi connectivity index (χ1) is 15.0. The summed E-state index contributed by atoms with van der Waals surface area (Å²) in [6.07, 6.45) is 5.96. The summed E-state index contributed by atoms with van der Waals surface area (Å²) in [4.78, 5) is 39.6. The molecule has 0 unspecified atom stereocenters. The smallest absolute Gasteiger partial charge is 0.286 e. The second-order valence-corrected chi connectivity index (χ2v) is 9.29. The second-order valence-electron chi connectivity index (χ2n) is 8.31. The number of aryl methyl sites for hydroxylation is 1. The van der Waals surface area contributed by atoms with E-state index in [0.717, 1.165) is 55.4 Å². The average molecular weight is 442 g/mol. The summed E-state index contributed by atoms with van der Waals surface area (Å²) >= 11 is 0.975. The standard InChI is InChI=1S/C22H27N5O3S/c1-14-8-10-17(11-9-14)24-19(29)20-25-26-21(31-20)22(30)27-12-4-5-15(13-27)18(28)23-16-6-2-3-7-16/h8-11,15-16H,2-7,12-13H2,1H3,(H,23,28)(H,24,29)/t15-/m1/s1. The van der Waals surface area contributed by atoms with Crippen molar-refractivity contribution in [3.05, 3.63) is 39.8 Å². The van der Waals surface area contributed by atoms with Crippen molar-refractivity contribution in [2.24, 2.45) is 5.92 Å². The number of carbonyl (C=O) groups excluding carboxylic acids is 3. The van der Waals surface area contributed by atoms with Crippen molar-refractivity contribution < 1.29 is 14.4 Å². The van der Waals surface area contributed by atoms with Crippen LogP contribution in [0.3, 0.4) is 0 Å². The Balaban J connectivity index is 1.35. The van der Waals surface area contributed by atoms with Crippen LogP contribution in [0.15, 0.2) is 24.3 Å². The molecule has 1 aromatic carbocycles. The van der Waals surface area contributed by atoms with Crippen LogP contribution >= 0.6 is 11.3 Å². The Hall–Kier alpha value is -2.81. The quantitative estimate of drug-likeness (QED) is 0.742. The third kappa shape index (κ3) is 5.28. The molecule has 1 saturated carbocycles. The van der Waals surface area contributed by atoms with Gasteiger partial charge in [0.25, 0.3) is 11.8 Å². The van der Waals surface area contributed by atoms with Gasteiger partial charge in [0.15, 0.2) is 0 Å². The topological polar surface area (TPSA) is 104 Å². The minimum Gasteiger partial charge on any atom is -0.353 e. The molecule has 164 valence electrons. The third-order valence-corrected chi connectivity index (χ3v) is 6.80. The van der Waals surface area contributed by atoms with Gasteiger partial charge in [-0.05, 0) is 44.7 Å². The molecule has 8 nitrogen and oxygen atoms in total. The molecule has 0 radical (unpaired) electrons. The van der Waals surface area contributed by atoms with Crippen LogP contribution in [0.4, 0.5) is 5.69 Å². The van der Waals surface area contributed by atoms with Gasteiger partial charge >= 0.3 is 0 Å². The van der Waals surface area contributed by atoms with Gasteiger partial charge in [-0.2, -0.15) is 0 Å². The monoisotopic (exact) mass is 441 g/mol. The van der Waals surface area contributed by atoms with Crippen LogP contribution < -0.4 is 10.6 Å². The Morgan fingerprint density at radius 2 is 1.71 bits per heavy atom. The number of benzene rings is 1. The molecule has 9 heteroatoms. The number of carbonyl (C=O) groups is 3. The Labute approximate surface area is 185 Å². The summed E-state index contributed by atoms with van der Waals surface area (Å²) in [6.45, 7) is 2.93. The number of piperidine rings is 1. The van der Waals surface area contributed by atoms with Crippen LogP contribution in [-0.4, -0.2) is 52.0 Å². The SMILES string of the molecule is Cc1ccc(NC(=O)c2nnc(C(=O)N3CCC[C@@H](C(=O)NC4CCCC4)C3)s2)cc1. The van der Waals surface area contributed by atoms with Gasteiger partial charge in [-0.15, -0.1) is 10.2 Å². The van der Waals surface area contributed by atoms with Gasteiger partial charge in [-0.3, -0.25) is 14.4 Å². The van der Waals surface area contributed by atoms with E-state index in [-0.39, 0.29) is 33.8 Å². The summed E-state index contributed by atoms with van der Waals surface area (Å²) in [7, 11) is 0. The van der Waals surface area contributed by atoms with Crippen LogP contribution in [0.5, 0.6) is 0 Å². The molecule has 1 aromatic heterocycles. The molecule has 1 aliphatic carbocycles. The Morgan fingerprint density at radius 1 is 1.00 bits per heavy atom. The van der Waals surface area contributed by atoms with Crippen LogP contribution in [0.1, 0.15) is 63.7 Å².